The lowest BCUT2D eigenvalue weighted by molar-refractivity contribution is 0.143. The first kappa shape index (κ1) is 18.2. The second kappa shape index (κ2) is 7.30. The SMILES string of the molecule is COc1cccc(N2CC(CNS(=O)(=O)c3ccc(F)cc3)OC2=O)c1. The van der Waals surface area contributed by atoms with Gasteiger partial charge in [-0.15, -0.1) is 0 Å². The van der Waals surface area contributed by atoms with Gasteiger partial charge in [-0.1, -0.05) is 6.07 Å². The zero-order chi connectivity index (χ0) is 18.7. The van der Waals surface area contributed by atoms with Gasteiger partial charge in [0.25, 0.3) is 0 Å². The average Bonchev–Trinajstić information content (AvgIpc) is 3.01. The smallest absolute Gasteiger partial charge is 0.414 e. The summed E-state index contributed by atoms with van der Waals surface area (Å²) in [6, 6.07) is 11.4. The molecule has 0 bridgehead atoms. The fourth-order valence-electron chi connectivity index (χ4n) is 2.52. The van der Waals surface area contributed by atoms with E-state index < -0.39 is 28.0 Å². The second-order valence-corrected chi connectivity index (χ2v) is 7.39. The maximum absolute atomic E-state index is 12.9. The Bertz CT molecular complexity index is 902. The van der Waals surface area contributed by atoms with Crippen molar-refractivity contribution in [2.24, 2.45) is 0 Å². The van der Waals surface area contributed by atoms with Crippen LogP contribution in [0, 0.1) is 5.82 Å². The molecule has 2 aromatic carbocycles. The Kier molecular flexibility index (Phi) is 5.10. The molecule has 7 nitrogen and oxygen atoms in total. The highest BCUT2D eigenvalue weighted by molar-refractivity contribution is 7.89. The van der Waals surface area contributed by atoms with Gasteiger partial charge in [0.1, 0.15) is 17.7 Å². The molecule has 1 unspecified atom stereocenters. The first-order valence-electron chi connectivity index (χ1n) is 7.76. The molecule has 1 aliphatic heterocycles. The zero-order valence-electron chi connectivity index (χ0n) is 13.9. The quantitative estimate of drug-likeness (QED) is 0.830. The Balaban J connectivity index is 1.65. The molecule has 1 saturated heterocycles. The predicted molar refractivity (Wildman–Crippen MR) is 92.2 cm³/mol. The normalized spacial score (nSPS) is 17.2. The maximum Gasteiger partial charge on any atom is 0.414 e. The lowest BCUT2D eigenvalue weighted by atomic mass is 10.2. The van der Waals surface area contributed by atoms with Crippen molar-refractivity contribution in [1.82, 2.24) is 4.72 Å². The molecular weight excluding hydrogens is 363 g/mol. The third kappa shape index (κ3) is 3.94. The molecule has 1 N–H and O–H groups in total. The van der Waals surface area contributed by atoms with E-state index in [9.17, 15) is 17.6 Å². The van der Waals surface area contributed by atoms with Crippen LogP contribution < -0.4 is 14.4 Å². The molecule has 0 aromatic heterocycles. The maximum atomic E-state index is 12.9. The fraction of sp³-hybridized carbons (Fsp3) is 0.235. The minimum Gasteiger partial charge on any atom is -0.497 e. The number of nitrogens with zero attached hydrogens (tertiary/aromatic N) is 1. The Morgan fingerprint density at radius 1 is 1.27 bits per heavy atom. The van der Waals surface area contributed by atoms with Gasteiger partial charge in [0.2, 0.25) is 10.0 Å². The number of hydrogen-bond donors (Lipinski definition) is 1. The number of ether oxygens (including phenoxy) is 2. The third-order valence-electron chi connectivity index (χ3n) is 3.86. The van der Waals surface area contributed by atoms with Crippen molar-refractivity contribution < 1.29 is 27.1 Å². The molecule has 0 spiro atoms. The van der Waals surface area contributed by atoms with Gasteiger partial charge in [-0.2, -0.15) is 0 Å². The van der Waals surface area contributed by atoms with Crippen LogP contribution in [-0.4, -0.2) is 40.8 Å². The first-order chi connectivity index (χ1) is 12.4. The van der Waals surface area contributed by atoms with Gasteiger partial charge in [-0.05, 0) is 36.4 Å². The highest BCUT2D eigenvalue weighted by atomic mass is 32.2. The number of nitrogens with one attached hydrogen (secondary N) is 1. The molecule has 0 radical (unpaired) electrons. The van der Waals surface area contributed by atoms with Crippen molar-refractivity contribution in [3.8, 4) is 5.75 Å². The van der Waals surface area contributed by atoms with Crippen molar-refractivity contribution in [3.05, 3.63) is 54.3 Å². The molecule has 1 heterocycles. The largest absolute Gasteiger partial charge is 0.497 e. The van der Waals surface area contributed by atoms with Crippen molar-refractivity contribution in [2.75, 3.05) is 25.1 Å². The Morgan fingerprint density at radius 2 is 2.00 bits per heavy atom. The Morgan fingerprint density at radius 3 is 2.69 bits per heavy atom. The summed E-state index contributed by atoms with van der Waals surface area (Å²) >= 11 is 0. The van der Waals surface area contributed by atoms with E-state index in [4.69, 9.17) is 9.47 Å². The lowest BCUT2D eigenvalue weighted by Crippen LogP contribution is -2.34. The van der Waals surface area contributed by atoms with E-state index in [-0.39, 0.29) is 18.0 Å². The molecule has 9 heteroatoms. The number of cyclic esters (lactones) is 1. The van der Waals surface area contributed by atoms with Gasteiger partial charge in [-0.25, -0.2) is 22.3 Å². The number of carbonyl (C=O) groups excluding carboxylic acids is 1. The van der Waals surface area contributed by atoms with E-state index in [0.717, 1.165) is 12.1 Å². The molecule has 0 saturated carbocycles. The molecule has 1 fully saturated rings. The van der Waals surface area contributed by atoms with Gasteiger partial charge in [-0.3, -0.25) is 4.90 Å². The number of halogens is 1. The standard InChI is InChI=1S/C17H17FN2O5S/c1-24-14-4-2-3-13(9-14)20-11-15(25-17(20)21)10-19-26(22,23)16-7-5-12(18)6-8-16/h2-9,15,19H,10-11H2,1H3. The van der Waals surface area contributed by atoms with Gasteiger partial charge in [0, 0.05) is 12.6 Å². The molecule has 2 aromatic rings. The van der Waals surface area contributed by atoms with Crippen LogP contribution in [-0.2, 0) is 14.8 Å². The number of sulfonamides is 1. The van der Waals surface area contributed by atoms with Crippen LogP contribution >= 0.6 is 0 Å². The van der Waals surface area contributed by atoms with E-state index in [0.29, 0.717) is 11.4 Å². The number of carbonyl (C=O) groups is 1. The van der Waals surface area contributed by atoms with Crippen molar-refractivity contribution in [3.63, 3.8) is 0 Å². The summed E-state index contributed by atoms with van der Waals surface area (Å²) in [4.78, 5) is 13.4. The minimum atomic E-state index is -3.82. The summed E-state index contributed by atoms with van der Waals surface area (Å²) < 4.78 is 50.1. The number of hydrogen-bond acceptors (Lipinski definition) is 5. The van der Waals surface area contributed by atoms with Gasteiger partial charge >= 0.3 is 6.09 Å². The van der Waals surface area contributed by atoms with E-state index in [1.54, 1.807) is 24.3 Å². The van der Waals surface area contributed by atoms with E-state index in [1.807, 2.05) is 0 Å². The molecule has 1 aliphatic rings. The molecule has 3 rings (SSSR count). The van der Waals surface area contributed by atoms with Crippen molar-refractivity contribution in [1.29, 1.82) is 0 Å². The first-order valence-corrected chi connectivity index (χ1v) is 9.25. The average molecular weight is 380 g/mol. The summed E-state index contributed by atoms with van der Waals surface area (Å²) in [5.74, 6) is 0.0679. The highest BCUT2D eigenvalue weighted by Gasteiger charge is 2.33. The van der Waals surface area contributed by atoms with Crippen LogP contribution in [0.4, 0.5) is 14.9 Å². The summed E-state index contributed by atoms with van der Waals surface area (Å²) in [5.41, 5.74) is 0.596. The summed E-state index contributed by atoms with van der Waals surface area (Å²) in [7, 11) is -2.30. The van der Waals surface area contributed by atoms with Gasteiger partial charge < -0.3 is 9.47 Å². The van der Waals surface area contributed by atoms with Crippen LogP contribution in [0.3, 0.4) is 0 Å². The van der Waals surface area contributed by atoms with Crippen LogP contribution in [0.2, 0.25) is 0 Å². The van der Waals surface area contributed by atoms with Crippen LogP contribution in [0.1, 0.15) is 0 Å². The summed E-state index contributed by atoms with van der Waals surface area (Å²) in [6.07, 6.45) is -1.21. The molecule has 26 heavy (non-hydrogen) atoms. The molecular formula is C17H17FN2O5S. The van der Waals surface area contributed by atoms with Crippen molar-refractivity contribution >= 4 is 21.8 Å². The van der Waals surface area contributed by atoms with Crippen molar-refractivity contribution in [2.45, 2.75) is 11.0 Å². The number of amides is 1. The van der Waals surface area contributed by atoms with E-state index in [1.165, 1.54) is 24.1 Å². The Labute approximate surface area is 150 Å². The molecule has 1 amide bonds. The van der Waals surface area contributed by atoms with E-state index >= 15 is 0 Å². The second-order valence-electron chi connectivity index (χ2n) is 5.62. The molecule has 0 aliphatic carbocycles. The number of methoxy groups -OCH3 is 1. The van der Waals surface area contributed by atoms with Crippen LogP contribution in [0.15, 0.2) is 53.4 Å². The zero-order valence-corrected chi connectivity index (χ0v) is 14.7. The Hall–Kier alpha value is -2.65. The number of rotatable bonds is 6. The summed E-state index contributed by atoms with van der Waals surface area (Å²) in [5, 5.41) is 0. The topological polar surface area (TPSA) is 84.9 Å². The lowest BCUT2D eigenvalue weighted by Gasteiger charge is -2.14. The predicted octanol–water partition coefficient (Wildman–Crippen LogP) is 2.14. The van der Waals surface area contributed by atoms with Crippen LogP contribution in [0.5, 0.6) is 5.75 Å². The molecule has 1 atom stereocenters. The fourth-order valence-corrected chi connectivity index (χ4v) is 3.58. The van der Waals surface area contributed by atoms with Crippen LogP contribution in [0.25, 0.3) is 0 Å². The third-order valence-corrected chi connectivity index (χ3v) is 5.30. The minimum absolute atomic E-state index is 0.0622. The number of anilines is 1. The monoisotopic (exact) mass is 380 g/mol. The van der Waals surface area contributed by atoms with E-state index in [2.05, 4.69) is 4.72 Å². The number of benzene rings is 2. The van der Waals surface area contributed by atoms with Gasteiger partial charge in [0.05, 0.1) is 24.2 Å². The van der Waals surface area contributed by atoms with Gasteiger partial charge in [0.15, 0.2) is 0 Å². The summed E-state index contributed by atoms with van der Waals surface area (Å²) in [6.45, 7) is 0.101. The highest BCUT2D eigenvalue weighted by Crippen LogP contribution is 2.25. The molecule has 138 valence electrons.